The van der Waals surface area contributed by atoms with Crippen molar-refractivity contribution >= 4 is 0 Å². The van der Waals surface area contributed by atoms with Crippen LogP contribution >= 0.6 is 0 Å². The van der Waals surface area contributed by atoms with Crippen molar-refractivity contribution in [3.05, 3.63) is 0 Å². The molecular formula is C6H13F2NO2. The van der Waals surface area contributed by atoms with Crippen LogP contribution in [0.25, 0.3) is 0 Å². The van der Waals surface area contributed by atoms with Crippen LogP contribution in [0, 0.1) is 0 Å². The van der Waals surface area contributed by atoms with Gasteiger partial charge in [0.25, 0.3) is 6.43 Å². The summed E-state index contributed by atoms with van der Waals surface area (Å²) in [6.45, 7) is 0.429. The Balaban J connectivity index is 3.38. The molecule has 0 heterocycles. The summed E-state index contributed by atoms with van der Waals surface area (Å²) in [4.78, 5) is 0. The summed E-state index contributed by atoms with van der Waals surface area (Å²) in [5.74, 6) is 0. The number of hydrogen-bond acceptors (Lipinski definition) is 3. The fraction of sp³-hybridized carbons (Fsp3) is 1.00. The second-order valence-corrected chi connectivity index (χ2v) is 2.68. The fourth-order valence-electron chi connectivity index (χ4n) is 0.506. The molecule has 11 heavy (non-hydrogen) atoms. The molecule has 0 saturated heterocycles. The Morgan fingerprint density at radius 2 is 2.09 bits per heavy atom. The molecule has 0 spiro atoms. The van der Waals surface area contributed by atoms with E-state index in [0.717, 1.165) is 0 Å². The van der Waals surface area contributed by atoms with Gasteiger partial charge in [0.05, 0.1) is 18.8 Å². The molecule has 0 aliphatic rings. The average molecular weight is 169 g/mol. The third-order valence-corrected chi connectivity index (χ3v) is 1.15. The van der Waals surface area contributed by atoms with Crippen LogP contribution in [0.3, 0.4) is 0 Å². The van der Waals surface area contributed by atoms with Gasteiger partial charge in [-0.1, -0.05) is 0 Å². The largest absolute Gasteiger partial charge is 0.393 e. The zero-order chi connectivity index (χ0) is 8.91. The molecule has 0 bridgehead atoms. The van der Waals surface area contributed by atoms with Gasteiger partial charge in [-0.2, -0.15) is 0 Å². The number of alkyl halides is 2. The number of nitrogens with one attached hydrogen (secondary N) is 1. The van der Waals surface area contributed by atoms with E-state index in [2.05, 4.69) is 5.32 Å². The van der Waals surface area contributed by atoms with Gasteiger partial charge in [-0.25, -0.2) is 8.78 Å². The lowest BCUT2D eigenvalue weighted by atomic mass is 10.1. The van der Waals surface area contributed by atoms with Crippen molar-refractivity contribution in [2.24, 2.45) is 0 Å². The molecule has 1 atom stereocenters. The minimum Gasteiger partial charge on any atom is -0.393 e. The first-order valence-corrected chi connectivity index (χ1v) is 3.30. The van der Waals surface area contributed by atoms with Gasteiger partial charge in [0.2, 0.25) is 0 Å². The highest BCUT2D eigenvalue weighted by Crippen LogP contribution is 1.98. The molecule has 3 nitrogen and oxygen atoms in total. The summed E-state index contributed by atoms with van der Waals surface area (Å²) in [5, 5.41) is 19.9. The quantitative estimate of drug-likeness (QED) is 0.524. The van der Waals surface area contributed by atoms with Gasteiger partial charge in [-0.15, -0.1) is 0 Å². The molecule has 0 rings (SSSR count). The Bertz CT molecular complexity index is 109. The van der Waals surface area contributed by atoms with E-state index in [4.69, 9.17) is 10.2 Å². The first kappa shape index (κ1) is 10.7. The van der Waals surface area contributed by atoms with Crippen molar-refractivity contribution in [3.8, 4) is 0 Å². The van der Waals surface area contributed by atoms with E-state index < -0.39 is 25.2 Å². The first-order valence-electron chi connectivity index (χ1n) is 3.30. The van der Waals surface area contributed by atoms with Gasteiger partial charge < -0.3 is 15.5 Å². The third-order valence-electron chi connectivity index (χ3n) is 1.15. The lowest BCUT2D eigenvalue weighted by Gasteiger charge is -2.20. The SMILES string of the molecule is CC(O)(CO)CNCC(F)F. The van der Waals surface area contributed by atoms with Crippen molar-refractivity contribution in [3.63, 3.8) is 0 Å². The monoisotopic (exact) mass is 169 g/mol. The van der Waals surface area contributed by atoms with E-state index in [1.807, 2.05) is 0 Å². The van der Waals surface area contributed by atoms with Crippen LogP contribution < -0.4 is 5.32 Å². The van der Waals surface area contributed by atoms with Crippen LogP contribution in [0.2, 0.25) is 0 Å². The molecular weight excluding hydrogens is 156 g/mol. The number of hydrogen-bond donors (Lipinski definition) is 3. The minimum atomic E-state index is -2.43. The van der Waals surface area contributed by atoms with E-state index in [-0.39, 0.29) is 6.54 Å². The van der Waals surface area contributed by atoms with Crippen molar-refractivity contribution in [1.29, 1.82) is 0 Å². The Labute approximate surface area is 64.0 Å². The van der Waals surface area contributed by atoms with Gasteiger partial charge in [-0.05, 0) is 6.92 Å². The number of halogens is 2. The minimum absolute atomic E-state index is 0.0339. The average Bonchev–Trinajstić information content (AvgIpc) is 1.87. The van der Waals surface area contributed by atoms with Crippen molar-refractivity contribution in [2.45, 2.75) is 19.0 Å². The summed E-state index contributed by atoms with van der Waals surface area (Å²) in [6.07, 6.45) is -2.43. The summed E-state index contributed by atoms with van der Waals surface area (Å²) in [6, 6.07) is 0. The summed E-state index contributed by atoms with van der Waals surface area (Å²) >= 11 is 0. The number of aliphatic hydroxyl groups excluding tert-OH is 1. The van der Waals surface area contributed by atoms with Gasteiger partial charge in [0, 0.05) is 6.54 Å². The van der Waals surface area contributed by atoms with Crippen molar-refractivity contribution < 1.29 is 19.0 Å². The lowest BCUT2D eigenvalue weighted by molar-refractivity contribution is -0.0000762. The molecule has 5 heteroatoms. The molecule has 0 fully saturated rings. The highest BCUT2D eigenvalue weighted by Gasteiger charge is 2.18. The van der Waals surface area contributed by atoms with E-state index in [0.29, 0.717) is 0 Å². The van der Waals surface area contributed by atoms with E-state index in [9.17, 15) is 8.78 Å². The summed E-state index contributed by atoms with van der Waals surface area (Å²) < 4.78 is 23.0. The first-order chi connectivity index (χ1) is 4.98. The topological polar surface area (TPSA) is 52.5 Å². The Morgan fingerprint density at radius 3 is 2.45 bits per heavy atom. The predicted molar refractivity (Wildman–Crippen MR) is 36.6 cm³/mol. The van der Waals surface area contributed by atoms with Crippen molar-refractivity contribution in [2.75, 3.05) is 19.7 Å². The molecule has 3 N–H and O–H groups in total. The summed E-state index contributed by atoms with van der Waals surface area (Å²) in [7, 11) is 0. The normalized spacial score (nSPS) is 16.9. The maximum Gasteiger partial charge on any atom is 0.250 e. The zero-order valence-electron chi connectivity index (χ0n) is 6.35. The number of rotatable bonds is 5. The Morgan fingerprint density at radius 1 is 1.55 bits per heavy atom. The van der Waals surface area contributed by atoms with E-state index in [1.54, 1.807) is 0 Å². The standard InChI is InChI=1S/C6H13F2NO2/c1-6(11,4-10)3-9-2-5(7)8/h5,9-11H,2-4H2,1H3. The van der Waals surface area contributed by atoms with Gasteiger partial charge >= 0.3 is 0 Å². The van der Waals surface area contributed by atoms with Crippen LogP contribution in [0.5, 0.6) is 0 Å². The highest BCUT2D eigenvalue weighted by molar-refractivity contribution is 4.73. The fourth-order valence-corrected chi connectivity index (χ4v) is 0.506. The van der Waals surface area contributed by atoms with E-state index >= 15 is 0 Å². The molecule has 0 amide bonds. The molecule has 0 aromatic heterocycles. The van der Waals surface area contributed by atoms with Crippen LogP contribution in [0.1, 0.15) is 6.92 Å². The predicted octanol–water partition coefficient (Wildman–Crippen LogP) is -0.416. The molecule has 68 valence electrons. The van der Waals surface area contributed by atoms with Crippen LogP contribution in [-0.2, 0) is 0 Å². The smallest absolute Gasteiger partial charge is 0.250 e. The molecule has 0 aromatic rings. The van der Waals surface area contributed by atoms with Crippen LogP contribution in [-0.4, -0.2) is 41.9 Å². The highest BCUT2D eigenvalue weighted by atomic mass is 19.3. The maximum absolute atomic E-state index is 11.5. The third kappa shape index (κ3) is 6.15. The van der Waals surface area contributed by atoms with Gasteiger partial charge in [0.15, 0.2) is 0 Å². The molecule has 0 aromatic carbocycles. The molecule has 0 saturated carbocycles. The van der Waals surface area contributed by atoms with Gasteiger partial charge in [0.1, 0.15) is 0 Å². The van der Waals surface area contributed by atoms with Crippen molar-refractivity contribution in [1.82, 2.24) is 5.32 Å². The van der Waals surface area contributed by atoms with E-state index in [1.165, 1.54) is 6.92 Å². The molecule has 0 aliphatic carbocycles. The maximum atomic E-state index is 11.5. The second-order valence-electron chi connectivity index (χ2n) is 2.68. The molecule has 0 radical (unpaired) electrons. The second kappa shape index (κ2) is 4.58. The molecule has 1 unspecified atom stereocenters. The van der Waals surface area contributed by atoms with Gasteiger partial charge in [-0.3, -0.25) is 0 Å². The van der Waals surface area contributed by atoms with Crippen LogP contribution in [0.4, 0.5) is 8.78 Å². The number of aliphatic hydroxyl groups is 2. The Hall–Kier alpha value is -0.260. The molecule has 0 aliphatic heterocycles. The lowest BCUT2D eigenvalue weighted by Crippen LogP contribution is -2.42. The van der Waals surface area contributed by atoms with Crippen LogP contribution in [0.15, 0.2) is 0 Å². The Kier molecular flexibility index (Phi) is 4.48. The summed E-state index contributed by atoms with van der Waals surface area (Å²) in [5.41, 5.74) is -1.31. The zero-order valence-corrected chi connectivity index (χ0v) is 6.35.